The van der Waals surface area contributed by atoms with Gasteiger partial charge in [-0.2, -0.15) is 0 Å². The quantitative estimate of drug-likeness (QED) is 0.657. The molecular weight excluding hydrogens is 342 g/mol. The summed E-state index contributed by atoms with van der Waals surface area (Å²) in [5.74, 6) is 0.547. The van der Waals surface area contributed by atoms with Crippen LogP contribution in [0.2, 0.25) is 5.02 Å². The summed E-state index contributed by atoms with van der Waals surface area (Å²) in [6, 6.07) is 10.0. The monoisotopic (exact) mass is 353 g/mol. The molecule has 0 saturated heterocycles. The molecule has 0 aromatic heterocycles. The molecule has 0 fully saturated rings. The van der Waals surface area contributed by atoms with Gasteiger partial charge in [-0.1, -0.05) is 11.6 Å². The van der Waals surface area contributed by atoms with Crippen molar-refractivity contribution in [2.45, 2.75) is 6.92 Å². The number of hydrogen-bond donors (Lipinski definition) is 1. The van der Waals surface area contributed by atoms with Gasteiger partial charge < -0.3 is 10.5 Å². The normalized spacial score (nSPS) is 10.3. The zero-order chi connectivity index (χ0) is 14.7. The average Bonchev–Trinajstić information content (AvgIpc) is 2.40. The highest BCUT2D eigenvalue weighted by Gasteiger charge is 2.14. The van der Waals surface area contributed by atoms with E-state index in [9.17, 15) is 4.79 Å². The Morgan fingerprint density at radius 1 is 1.30 bits per heavy atom. The molecule has 2 aromatic rings. The van der Waals surface area contributed by atoms with Crippen LogP contribution in [0.3, 0.4) is 0 Å². The molecule has 2 aromatic carbocycles. The van der Waals surface area contributed by atoms with Crippen LogP contribution in [-0.2, 0) is 0 Å². The highest BCUT2D eigenvalue weighted by atomic mass is 79.9. The van der Waals surface area contributed by atoms with Crippen molar-refractivity contribution in [3.63, 3.8) is 0 Å². The second-order valence-electron chi connectivity index (χ2n) is 4.15. The van der Waals surface area contributed by atoms with Gasteiger partial charge in [-0.25, -0.2) is 0 Å². The van der Waals surface area contributed by atoms with Gasteiger partial charge in [-0.3, -0.25) is 4.79 Å². The number of ketones is 1. The van der Waals surface area contributed by atoms with E-state index in [4.69, 9.17) is 22.1 Å². The number of benzene rings is 2. The Kier molecular flexibility index (Phi) is 4.68. The van der Waals surface area contributed by atoms with Gasteiger partial charge in [-0.05, 0) is 59.3 Å². The topological polar surface area (TPSA) is 52.3 Å². The first-order valence-electron chi connectivity index (χ1n) is 6.05. The molecule has 0 heterocycles. The molecule has 0 aliphatic rings. The lowest BCUT2D eigenvalue weighted by Gasteiger charge is -2.08. The molecule has 0 bridgehead atoms. The third kappa shape index (κ3) is 3.14. The van der Waals surface area contributed by atoms with E-state index in [1.165, 1.54) is 0 Å². The fourth-order valence-electron chi connectivity index (χ4n) is 1.79. The second-order valence-corrected chi connectivity index (χ2v) is 5.41. The number of hydrogen-bond acceptors (Lipinski definition) is 3. The van der Waals surface area contributed by atoms with Crippen LogP contribution in [-0.4, -0.2) is 12.4 Å². The number of rotatable bonds is 4. The second kappa shape index (κ2) is 6.29. The molecule has 0 amide bonds. The van der Waals surface area contributed by atoms with Crippen molar-refractivity contribution in [1.29, 1.82) is 0 Å². The Balaban J connectivity index is 2.36. The van der Waals surface area contributed by atoms with Crippen molar-refractivity contribution in [2.24, 2.45) is 0 Å². The maximum Gasteiger partial charge on any atom is 0.194 e. The highest BCUT2D eigenvalue weighted by Crippen LogP contribution is 2.28. The molecular formula is C15H13BrClNO2. The minimum absolute atomic E-state index is 0.154. The Morgan fingerprint density at radius 3 is 2.65 bits per heavy atom. The maximum absolute atomic E-state index is 12.4. The SMILES string of the molecule is CCOc1ccc(C(=O)c2ccc(N)cc2Cl)cc1Br. The zero-order valence-corrected chi connectivity index (χ0v) is 13.2. The van der Waals surface area contributed by atoms with Crippen LogP contribution in [0.1, 0.15) is 22.8 Å². The predicted octanol–water partition coefficient (Wildman–Crippen LogP) is 4.31. The van der Waals surface area contributed by atoms with E-state index in [0.717, 1.165) is 4.47 Å². The highest BCUT2D eigenvalue weighted by molar-refractivity contribution is 9.10. The lowest BCUT2D eigenvalue weighted by Crippen LogP contribution is -2.03. The van der Waals surface area contributed by atoms with Crippen LogP contribution in [0.15, 0.2) is 40.9 Å². The summed E-state index contributed by atoms with van der Waals surface area (Å²) in [5, 5.41) is 0.347. The number of anilines is 1. The van der Waals surface area contributed by atoms with E-state index in [2.05, 4.69) is 15.9 Å². The largest absolute Gasteiger partial charge is 0.493 e. The van der Waals surface area contributed by atoms with E-state index in [-0.39, 0.29) is 5.78 Å². The molecule has 104 valence electrons. The van der Waals surface area contributed by atoms with E-state index in [1.54, 1.807) is 36.4 Å². The molecule has 0 spiro atoms. The number of ether oxygens (including phenoxy) is 1. The van der Waals surface area contributed by atoms with Crippen molar-refractivity contribution in [3.05, 3.63) is 57.0 Å². The number of halogens is 2. The van der Waals surface area contributed by atoms with Gasteiger partial charge in [0.05, 0.1) is 16.1 Å². The van der Waals surface area contributed by atoms with Crippen LogP contribution >= 0.6 is 27.5 Å². The number of nitrogen functional groups attached to an aromatic ring is 1. The van der Waals surface area contributed by atoms with Crippen molar-refractivity contribution in [1.82, 2.24) is 0 Å². The molecule has 0 atom stereocenters. The molecule has 5 heteroatoms. The van der Waals surface area contributed by atoms with Gasteiger partial charge in [0.25, 0.3) is 0 Å². The lowest BCUT2D eigenvalue weighted by atomic mass is 10.0. The fourth-order valence-corrected chi connectivity index (χ4v) is 2.55. The van der Waals surface area contributed by atoms with Crippen LogP contribution in [0.4, 0.5) is 5.69 Å². The molecule has 3 nitrogen and oxygen atoms in total. The standard InChI is InChI=1S/C15H13BrClNO2/c1-2-20-14-6-3-9(7-12(14)16)15(19)11-5-4-10(18)8-13(11)17/h3-8H,2,18H2,1H3. The third-order valence-electron chi connectivity index (χ3n) is 2.73. The fraction of sp³-hybridized carbons (Fsp3) is 0.133. The van der Waals surface area contributed by atoms with Gasteiger partial charge in [0.15, 0.2) is 5.78 Å². The lowest BCUT2D eigenvalue weighted by molar-refractivity contribution is 0.103. The molecule has 2 N–H and O–H groups in total. The first-order valence-corrected chi connectivity index (χ1v) is 7.22. The Hall–Kier alpha value is -1.52. The van der Waals surface area contributed by atoms with Crippen molar-refractivity contribution in [2.75, 3.05) is 12.3 Å². The summed E-state index contributed by atoms with van der Waals surface area (Å²) in [6.07, 6.45) is 0. The number of nitrogens with two attached hydrogens (primary N) is 1. The zero-order valence-electron chi connectivity index (χ0n) is 10.8. The predicted molar refractivity (Wildman–Crippen MR) is 84.6 cm³/mol. The first kappa shape index (κ1) is 14.9. The molecule has 0 aliphatic heterocycles. The van der Waals surface area contributed by atoms with Gasteiger partial charge in [0, 0.05) is 16.8 Å². The van der Waals surface area contributed by atoms with Gasteiger partial charge in [0.1, 0.15) is 5.75 Å². The maximum atomic E-state index is 12.4. The van der Waals surface area contributed by atoms with E-state index in [1.807, 2.05) is 6.92 Å². The van der Waals surface area contributed by atoms with E-state index < -0.39 is 0 Å². The molecule has 0 unspecified atom stereocenters. The number of carbonyl (C=O) groups is 1. The minimum atomic E-state index is -0.154. The van der Waals surface area contributed by atoms with E-state index in [0.29, 0.717) is 34.2 Å². The minimum Gasteiger partial charge on any atom is -0.493 e. The molecule has 20 heavy (non-hydrogen) atoms. The van der Waals surface area contributed by atoms with Crippen molar-refractivity contribution >= 4 is 39.0 Å². The van der Waals surface area contributed by atoms with Crippen molar-refractivity contribution < 1.29 is 9.53 Å². The van der Waals surface area contributed by atoms with Gasteiger partial charge >= 0.3 is 0 Å². The average molecular weight is 355 g/mol. The van der Waals surface area contributed by atoms with Crippen LogP contribution in [0, 0.1) is 0 Å². The molecule has 2 rings (SSSR count). The van der Waals surface area contributed by atoms with Crippen LogP contribution in [0.5, 0.6) is 5.75 Å². The molecule has 0 aliphatic carbocycles. The summed E-state index contributed by atoms with van der Waals surface area (Å²) in [7, 11) is 0. The Morgan fingerprint density at radius 2 is 2.05 bits per heavy atom. The summed E-state index contributed by atoms with van der Waals surface area (Å²) in [6.45, 7) is 2.47. The summed E-state index contributed by atoms with van der Waals surface area (Å²) in [4.78, 5) is 12.4. The number of carbonyl (C=O) groups excluding carboxylic acids is 1. The van der Waals surface area contributed by atoms with Crippen molar-refractivity contribution in [3.8, 4) is 5.75 Å². The summed E-state index contributed by atoms with van der Waals surface area (Å²) < 4.78 is 6.15. The molecule has 0 saturated carbocycles. The first-order chi connectivity index (χ1) is 9.52. The van der Waals surface area contributed by atoms with E-state index >= 15 is 0 Å². The Bertz CT molecular complexity index is 658. The summed E-state index contributed by atoms with van der Waals surface area (Å²) in [5.41, 5.74) is 7.11. The smallest absolute Gasteiger partial charge is 0.194 e. The third-order valence-corrected chi connectivity index (χ3v) is 3.66. The summed E-state index contributed by atoms with van der Waals surface area (Å²) >= 11 is 9.45. The van der Waals surface area contributed by atoms with Crippen LogP contribution in [0.25, 0.3) is 0 Å². The van der Waals surface area contributed by atoms with Gasteiger partial charge in [0.2, 0.25) is 0 Å². The Labute approximate surface area is 130 Å². The van der Waals surface area contributed by atoms with Gasteiger partial charge in [-0.15, -0.1) is 0 Å². The molecule has 0 radical (unpaired) electrons. The van der Waals surface area contributed by atoms with Crippen LogP contribution < -0.4 is 10.5 Å².